The Morgan fingerprint density at radius 2 is 2.13 bits per heavy atom. The maximum absolute atomic E-state index is 3.89. The minimum atomic E-state index is 1.07. The van der Waals surface area contributed by atoms with Gasteiger partial charge in [-0.3, -0.25) is 0 Å². The molecule has 0 nitrogen and oxygen atoms in total. The zero-order chi connectivity index (χ0) is 10.7. The second-order valence-electron chi connectivity index (χ2n) is 3.39. The molecule has 2 rings (SSSR count). The molecule has 1 heterocycles. The van der Waals surface area contributed by atoms with Crippen LogP contribution in [0.25, 0.3) is 22.2 Å². The van der Waals surface area contributed by atoms with Crippen molar-refractivity contribution >= 4 is 33.6 Å². The molecule has 0 aliphatic heterocycles. The molecule has 0 fully saturated rings. The molecule has 0 saturated heterocycles. The van der Waals surface area contributed by atoms with Crippen molar-refractivity contribution in [3.05, 3.63) is 47.4 Å². The summed E-state index contributed by atoms with van der Waals surface area (Å²) in [6.07, 6.45) is 7.42. The van der Waals surface area contributed by atoms with E-state index in [9.17, 15) is 0 Å². The first kappa shape index (κ1) is 10.2. The summed E-state index contributed by atoms with van der Waals surface area (Å²) in [6.45, 7) is 6.04. The van der Waals surface area contributed by atoms with Gasteiger partial charge in [-0.25, -0.2) is 0 Å². The van der Waals surface area contributed by atoms with Crippen LogP contribution in [0.3, 0.4) is 0 Å². The van der Waals surface area contributed by atoms with Crippen LogP contribution >= 0.6 is 11.3 Å². The van der Waals surface area contributed by atoms with Crippen LogP contribution in [0.2, 0.25) is 0 Å². The van der Waals surface area contributed by atoms with Crippen LogP contribution in [0.1, 0.15) is 23.8 Å². The van der Waals surface area contributed by atoms with E-state index in [-0.39, 0.29) is 0 Å². The average Bonchev–Trinajstić information content (AvgIpc) is 2.63. The Labute approximate surface area is 94.6 Å². The van der Waals surface area contributed by atoms with Crippen molar-refractivity contribution in [2.75, 3.05) is 0 Å². The quantitative estimate of drug-likeness (QED) is 0.677. The minimum Gasteiger partial charge on any atom is -0.135 e. The highest BCUT2D eigenvalue weighted by Crippen LogP contribution is 2.32. The number of thiophene rings is 1. The standard InChI is InChI=1S/C14H14S/c1-3-5-9-13-11(4-2)12-8-6-7-10-14(12)15-13/h4-10H,2-3H2,1H3/b9-5-. The lowest BCUT2D eigenvalue weighted by Crippen LogP contribution is -1.70. The maximum Gasteiger partial charge on any atom is 0.0355 e. The third kappa shape index (κ3) is 1.88. The van der Waals surface area contributed by atoms with E-state index in [1.165, 1.54) is 20.5 Å². The van der Waals surface area contributed by atoms with E-state index in [0.717, 1.165) is 6.42 Å². The summed E-state index contributed by atoms with van der Waals surface area (Å²) in [5.41, 5.74) is 1.26. The van der Waals surface area contributed by atoms with Gasteiger partial charge in [-0.15, -0.1) is 11.3 Å². The van der Waals surface area contributed by atoms with E-state index >= 15 is 0 Å². The van der Waals surface area contributed by atoms with Gasteiger partial charge >= 0.3 is 0 Å². The molecule has 0 spiro atoms. The first-order chi connectivity index (χ1) is 7.36. The Bertz CT molecular complexity index is 503. The lowest BCUT2D eigenvalue weighted by molar-refractivity contribution is 1.23. The molecular formula is C14H14S. The molecule has 0 amide bonds. The summed E-state index contributed by atoms with van der Waals surface area (Å²) in [6, 6.07) is 8.48. The monoisotopic (exact) mass is 214 g/mol. The third-order valence-electron chi connectivity index (χ3n) is 2.37. The second kappa shape index (κ2) is 4.45. The highest BCUT2D eigenvalue weighted by molar-refractivity contribution is 7.20. The summed E-state index contributed by atoms with van der Waals surface area (Å²) < 4.78 is 1.34. The van der Waals surface area contributed by atoms with Crippen molar-refractivity contribution in [1.82, 2.24) is 0 Å². The highest BCUT2D eigenvalue weighted by atomic mass is 32.1. The van der Waals surface area contributed by atoms with Gasteiger partial charge in [0.05, 0.1) is 0 Å². The number of fused-ring (bicyclic) bond motifs is 1. The smallest absolute Gasteiger partial charge is 0.0355 e. The van der Waals surface area contributed by atoms with Crippen LogP contribution in [-0.2, 0) is 0 Å². The molecule has 0 saturated carbocycles. The molecule has 1 aromatic heterocycles. The van der Waals surface area contributed by atoms with Crippen LogP contribution in [0.5, 0.6) is 0 Å². The molecular weight excluding hydrogens is 200 g/mol. The van der Waals surface area contributed by atoms with Gasteiger partial charge in [-0.05, 0) is 24.1 Å². The van der Waals surface area contributed by atoms with Crippen molar-refractivity contribution in [1.29, 1.82) is 0 Å². The summed E-state index contributed by atoms with van der Waals surface area (Å²) in [5, 5.41) is 1.31. The van der Waals surface area contributed by atoms with Gasteiger partial charge in [-0.2, -0.15) is 0 Å². The Balaban J connectivity index is 2.63. The molecule has 0 N–H and O–H groups in total. The third-order valence-corrected chi connectivity index (χ3v) is 3.52. The number of rotatable bonds is 3. The largest absolute Gasteiger partial charge is 0.135 e. The number of benzene rings is 1. The van der Waals surface area contributed by atoms with Gasteiger partial charge < -0.3 is 0 Å². The average molecular weight is 214 g/mol. The van der Waals surface area contributed by atoms with E-state index in [4.69, 9.17) is 0 Å². The molecule has 1 aromatic carbocycles. The van der Waals surface area contributed by atoms with Crippen LogP contribution < -0.4 is 0 Å². The summed E-state index contributed by atoms with van der Waals surface area (Å²) >= 11 is 1.83. The first-order valence-corrected chi connectivity index (χ1v) is 5.99. The van der Waals surface area contributed by atoms with Gasteiger partial charge in [0, 0.05) is 15.0 Å². The van der Waals surface area contributed by atoms with Crippen LogP contribution in [0.15, 0.2) is 36.9 Å². The minimum absolute atomic E-state index is 1.07. The SMILES string of the molecule is C=Cc1c(/C=C\CC)sc2ccccc12. The molecule has 2 aromatic rings. The van der Waals surface area contributed by atoms with Crippen molar-refractivity contribution < 1.29 is 0 Å². The van der Waals surface area contributed by atoms with Crippen LogP contribution in [0.4, 0.5) is 0 Å². The van der Waals surface area contributed by atoms with E-state index in [1.54, 1.807) is 0 Å². The predicted octanol–water partition coefficient (Wildman–Crippen LogP) is 4.97. The fourth-order valence-corrected chi connectivity index (χ4v) is 2.78. The lowest BCUT2D eigenvalue weighted by atomic mass is 10.1. The molecule has 1 heteroatoms. The first-order valence-electron chi connectivity index (χ1n) is 5.17. The Hall–Kier alpha value is -1.34. The molecule has 0 atom stereocenters. The Kier molecular flexibility index (Phi) is 3.02. The predicted molar refractivity (Wildman–Crippen MR) is 71.2 cm³/mol. The van der Waals surface area contributed by atoms with Gasteiger partial charge in [0.1, 0.15) is 0 Å². The van der Waals surface area contributed by atoms with Crippen LogP contribution in [0, 0.1) is 0 Å². The molecule has 0 unspecified atom stereocenters. The number of hydrogen-bond donors (Lipinski definition) is 0. The van der Waals surface area contributed by atoms with Gasteiger partial charge in [-0.1, -0.05) is 43.9 Å². The fraction of sp³-hybridized carbons (Fsp3) is 0.143. The van der Waals surface area contributed by atoms with E-state index in [0.29, 0.717) is 0 Å². The summed E-state index contributed by atoms with van der Waals surface area (Å²) in [7, 11) is 0. The van der Waals surface area contributed by atoms with Gasteiger partial charge in [0.15, 0.2) is 0 Å². The summed E-state index contributed by atoms with van der Waals surface area (Å²) in [5.74, 6) is 0. The summed E-state index contributed by atoms with van der Waals surface area (Å²) in [4.78, 5) is 1.31. The number of allylic oxidation sites excluding steroid dienone is 1. The molecule has 0 aliphatic carbocycles. The fourth-order valence-electron chi connectivity index (χ4n) is 1.64. The van der Waals surface area contributed by atoms with Crippen molar-refractivity contribution in [2.24, 2.45) is 0 Å². The Morgan fingerprint density at radius 1 is 1.33 bits per heavy atom. The topological polar surface area (TPSA) is 0 Å². The molecule has 0 radical (unpaired) electrons. The van der Waals surface area contributed by atoms with Crippen molar-refractivity contribution in [2.45, 2.75) is 13.3 Å². The highest BCUT2D eigenvalue weighted by Gasteiger charge is 2.05. The Morgan fingerprint density at radius 3 is 2.87 bits per heavy atom. The van der Waals surface area contributed by atoms with Gasteiger partial charge in [0.25, 0.3) is 0 Å². The van der Waals surface area contributed by atoms with Crippen molar-refractivity contribution in [3.63, 3.8) is 0 Å². The number of hydrogen-bond acceptors (Lipinski definition) is 1. The maximum atomic E-state index is 3.89. The van der Waals surface area contributed by atoms with E-state index < -0.39 is 0 Å². The molecule has 15 heavy (non-hydrogen) atoms. The van der Waals surface area contributed by atoms with Gasteiger partial charge in [0.2, 0.25) is 0 Å². The lowest BCUT2D eigenvalue weighted by Gasteiger charge is -1.92. The zero-order valence-electron chi connectivity index (χ0n) is 8.86. The van der Waals surface area contributed by atoms with E-state index in [1.807, 2.05) is 17.4 Å². The van der Waals surface area contributed by atoms with E-state index in [2.05, 4.69) is 49.9 Å². The van der Waals surface area contributed by atoms with Crippen LogP contribution in [-0.4, -0.2) is 0 Å². The zero-order valence-corrected chi connectivity index (χ0v) is 9.68. The molecule has 0 bridgehead atoms. The normalized spacial score (nSPS) is 11.3. The molecule has 0 aliphatic rings. The molecule has 76 valence electrons. The second-order valence-corrected chi connectivity index (χ2v) is 4.47. The van der Waals surface area contributed by atoms with Crippen molar-refractivity contribution in [3.8, 4) is 0 Å².